The Morgan fingerprint density at radius 1 is 1.41 bits per heavy atom. The minimum absolute atomic E-state index is 0.0575. The Morgan fingerprint density at radius 3 is 2.47 bits per heavy atom. The molecule has 2 nitrogen and oxygen atoms in total. The van der Waals surface area contributed by atoms with E-state index in [9.17, 15) is 22.4 Å². The van der Waals surface area contributed by atoms with Gasteiger partial charge < -0.3 is 5.11 Å². The van der Waals surface area contributed by atoms with Gasteiger partial charge in [0.15, 0.2) is 0 Å². The van der Waals surface area contributed by atoms with Gasteiger partial charge in [0.05, 0.1) is 12.3 Å². The van der Waals surface area contributed by atoms with E-state index in [1.54, 1.807) is 0 Å². The summed E-state index contributed by atoms with van der Waals surface area (Å²) in [6.07, 6.45) is -5.96. The Morgan fingerprint density at radius 2 is 2.00 bits per heavy atom. The second kappa shape index (κ2) is 4.73. The molecule has 0 bridgehead atoms. The van der Waals surface area contributed by atoms with Gasteiger partial charge in [-0.2, -0.15) is 13.2 Å². The SMILES string of the molecule is Cc1cccc(C(CC(=O)O)C(F)(F)F)c1F. The molecular weight excluding hydrogens is 240 g/mol. The lowest BCUT2D eigenvalue weighted by molar-refractivity contribution is -0.163. The lowest BCUT2D eigenvalue weighted by Crippen LogP contribution is -2.24. The highest BCUT2D eigenvalue weighted by molar-refractivity contribution is 5.68. The van der Waals surface area contributed by atoms with E-state index < -0.39 is 35.9 Å². The normalized spacial score (nSPS) is 13.5. The molecule has 1 atom stereocenters. The molecule has 1 unspecified atom stereocenters. The van der Waals surface area contributed by atoms with Crippen LogP contribution in [0, 0.1) is 12.7 Å². The third-order valence-electron chi connectivity index (χ3n) is 2.37. The summed E-state index contributed by atoms with van der Waals surface area (Å²) < 4.78 is 51.5. The number of hydrogen-bond acceptors (Lipinski definition) is 1. The van der Waals surface area contributed by atoms with Crippen molar-refractivity contribution in [3.63, 3.8) is 0 Å². The van der Waals surface area contributed by atoms with Crippen molar-refractivity contribution in [1.29, 1.82) is 0 Å². The summed E-state index contributed by atoms with van der Waals surface area (Å²) in [5, 5.41) is 8.45. The maximum Gasteiger partial charge on any atom is 0.396 e. The van der Waals surface area contributed by atoms with E-state index in [2.05, 4.69) is 0 Å². The van der Waals surface area contributed by atoms with Crippen LogP contribution in [0.1, 0.15) is 23.5 Å². The number of rotatable bonds is 3. The predicted octanol–water partition coefficient (Wildman–Crippen LogP) is 3.25. The van der Waals surface area contributed by atoms with Crippen LogP contribution < -0.4 is 0 Å². The Kier molecular flexibility index (Phi) is 3.75. The second-order valence-electron chi connectivity index (χ2n) is 3.67. The molecule has 1 aromatic rings. The molecule has 1 N–H and O–H groups in total. The van der Waals surface area contributed by atoms with Crippen LogP contribution in [0.2, 0.25) is 0 Å². The monoisotopic (exact) mass is 250 g/mol. The van der Waals surface area contributed by atoms with Gasteiger partial charge in [0.25, 0.3) is 0 Å². The highest BCUT2D eigenvalue weighted by Gasteiger charge is 2.43. The fourth-order valence-electron chi connectivity index (χ4n) is 1.52. The average Bonchev–Trinajstić information content (AvgIpc) is 2.17. The van der Waals surface area contributed by atoms with Crippen LogP contribution in [0.4, 0.5) is 17.6 Å². The molecule has 0 amide bonds. The molecule has 0 radical (unpaired) electrons. The summed E-state index contributed by atoms with van der Waals surface area (Å²) >= 11 is 0. The predicted molar refractivity (Wildman–Crippen MR) is 52.2 cm³/mol. The summed E-state index contributed by atoms with van der Waals surface area (Å²) in [4.78, 5) is 10.4. The molecule has 1 aromatic carbocycles. The molecule has 6 heteroatoms. The molecule has 0 aromatic heterocycles. The van der Waals surface area contributed by atoms with Crippen LogP contribution in [-0.2, 0) is 4.79 Å². The maximum absolute atomic E-state index is 13.5. The second-order valence-corrected chi connectivity index (χ2v) is 3.67. The number of aliphatic carboxylic acids is 1. The lowest BCUT2D eigenvalue weighted by atomic mass is 9.93. The van der Waals surface area contributed by atoms with Crippen LogP contribution in [0.25, 0.3) is 0 Å². The van der Waals surface area contributed by atoms with Crippen molar-refractivity contribution < 1.29 is 27.5 Å². The number of aryl methyl sites for hydroxylation is 1. The highest BCUT2D eigenvalue weighted by atomic mass is 19.4. The van der Waals surface area contributed by atoms with E-state index in [1.165, 1.54) is 19.1 Å². The molecule has 0 aliphatic carbocycles. The number of carboxylic acid groups (broad SMARTS) is 1. The van der Waals surface area contributed by atoms with Crippen LogP contribution in [0.15, 0.2) is 18.2 Å². The zero-order valence-corrected chi connectivity index (χ0v) is 8.88. The van der Waals surface area contributed by atoms with Gasteiger partial charge in [-0.05, 0) is 12.5 Å². The fraction of sp³-hybridized carbons (Fsp3) is 0.364. The molecule has 0 heterocycles. The number of carboxylic acids is 1. The molecule has 94 valence electrons. The highest BCUT2D eigenvalue weighted by Crippen LogP contribution is 2.38. The summed E-state index contributed by atoms with van der Waals surface area (Å²) in [7, 11) is 0. The molecule has 0 saturated carbocycles. The van der Waals surface area contributed by atoms with Gasteiger partial charge in [-0.3, -0.25) is 4.79 Å². The maximum atomic E-state index is 13.5. The van der Waals surface area contributed by atoms with E-state index in [1.807, 2.05) is 0 Å². The molecule has 0 spiro atoms. The minimum Gasteiger partial charge on any atom is -0.481 e. The van der Waals surface area contributed by atoms with Crippen LogP contribution in [0.5, 0.6) is 0 Å². The minimum atomic E-state index is -4.78. The first-order chi connectivity index (χ1) is 7.73. The Balaban J connectivity index is 3.22. The number of halogens is 4. The molecule has 0 saturated heterocycles. The van der Waals surface area contributed by atoms with Crippen molar-refractivity contribution in [2.45, 2.75) is 25.4 Å². The first kappa shape index (κ1) is 13.5. The molecule has 0 aliphatic rings. The van der Waals surface area contributed by atoms with E-state index in [4.69, 9.17) is 5.11 Å². The number of hydrogen-bond donors (Lipinski definition) is 1. The van der Waals surface area contributed by atoms with Gasteiger partial charge in [-0.25, -0.2) is 4.39 Å². The molecule has 0 aliphatic heterocycles. The van der Waals surface area contributed by atoms with Crippen molar-refractivity contribution in [2.24, 2.45) is 0 Å². The molecule has 17 heavy (non-hydrogen) atoms. The average molecular weight is 250 g/mol. The fourth-order valence-corrected chi connectivity index (χ4v) is 1.52. The summed E-state index contributed by atoms with van der Waals surface area (Å²) in [5.74, 6) is -4.94. The summed E-state index contributed by atoms with van der Waals surface area (Å²) in [5.41, 5.74) is -0.568. The van der Waals surface area contributed by atoms with E-state index >= 15 is 0 Å². The Hall–Kier alpha value is -1.59. The zero-order valence-electron chi connectivity index (χ0n) is 8.88. The topological polar surface area (TPSA) is 37.3 Å². The van der Waals surface area contributed by atoms with E-state index in [0.29, 0.717) is 0 Å². The lowest BCUT2D eigenvalue weighted by Gasteiger charge is -2.20. The Bertz CT molecular complexity index is 426. The van der Waals surface area contributed by atoms with Crippen molar-refractivity contribution in [3.8, 4) is 0 Å². The van der Waals surface area contributed by atoms with Gasteiger partial charge in [0.1, 0.15) is 5.82 Å². The van der Waals surface area contributed by atoms with Crippen LogP contribution in [-0.4, -0.2) is 17.3 Å². The molecule has 1 rings (SSSR count). The molecular formula is C11H10F4O2. The first-order valence-corrected chi connectivity index (χ1v) is 4.77. The number of alkyl halides is 3. The van der Waals surface area contributed by atoms with Crippen molar-refractivity contribution in [2.75, 3.05) is 0 Å². The molecule has 0 fully saturated rings. The van der Waals surface area contributed by atoms with Crippen molar-refractivity contribution in [3.05, 3.63) is 35.1 Å². The largest absolute Gasteiger partial charge is 0.481 e. The first-order valence-electron chi connectivity index (χ1n) is 4.77. The standard InChI is InChI=1S/C11H10F4O2/c1-6-3-2-4-7(10(6)12)8(5-9(16)17)11(13,14)15/h2-4,8H,5H2,1H3,(H,16,17). The summed E-state index contributed by atoms with van der Waals surface area (Å²) in [6, 6.07) is 3.56. The van der Waals surface area contributed by atoms with Crippen molar-refractivity contribution >= 4 is 5.97 Å². The smallest absolute Gasteiger partial charge is 0.396 e. The Labute approximate surface area is 94.9 Å². The quantitative estimate of drug-likeness (QED) is 0.836. The number of benzene rings is 1. The summed E-state index contributed by atoms with van der Waals surface area (Å²) in [6.45, 7) is 1.33. The zero-order chi connectivity index (χ0) is 13.2. The van der Waals surface area contributed by atoms with Crippen molar-refractivity contribution in [1.82, 2.24) is 0 Å². The van der Waals surface area contributed by atoms with E-state index in [0.717, 1.165) is 6.07 Å². The van der Waals surface area contributed by atoms with Gasteiger partial charge in [-0.15, -0.1) is 0 Å². The third kappa shape index (κ3) is 3.18. The van der Waals surface area contributed by atoms with Gasteiger partial charge >= 0.3 is 12.1 Å². The van der Waals surface area contributed by atoms with Gasteiger partial charge in [0.2, 0.25) is 0 Å². The van der Waals surface area contributed by atoms with E-state index in [-0.39, 0.29) is 5.56 Å². The van der Waals surface area contributed by atoms with Crippen LogP contribution in [0.3, 0.4) is 0 Å². The van der Waals surface area contributed by atoms with Gasteiger partial charge in [0, 0.05) is 5.56 Å². The third-order valence-corrected chi connectivity index (χ3v) is 2.37. The number of carbonyl (C=O) groups is 1. The van der Waals surface area contributed by atoms with Crippen LogP contribution >= 0.6 is 0 Å². The van der Waals surface area contributed by atoms with Gasteiger partial charge in [-0.1, -0.05) is 18.2 Å².